The molecule has 0 N–H and O–H groups in total. The summed E-state index contributed by atoms with van der Waals surface area (Å²) in [6.45, 7) is 10.6. The second-order valence-electron chi connectivity index (χ2n) is 4.65. The molecule has 14 heavy (non-hydrogen) atoms. The van der Waals surface area contributed by atoms with Crippen molar-refractivity contribution in [3.63, 3.8) is 0 Å². The molecule has 0 saturated carbocycles. The first-order valence-electron chi connectivity index (χ1n) is 4.69. The molecule has 0 amide bonds. The number of hydrogen-bond acceptors (Lipinski definition) is 0. The van der Waals surface area contributed by atoms with Crippen molar-refractivity contribution in [2.24, 2.45) is 0 Å². The summed E-state index contributed by atoms with van der Waals surface area (Å²) in [6.07, 6.45) is 3.39. The Morgan fingerprint density at radius 3 is 2.07 bits per heavy atom. The van der Waals surface area contributed by atoms with Crippen molar-refractivity contribution in [2.75, 3.05) is 0 Å². The van der Waals surface area contributed by atoms with Gasteiger partial charge < -0.3 is 0 Å². The molecule has 0 aliphatic rings. The number of allylic oxidation sites excluding steroid dienone is 1. The van der Waals surface area contributed by atoms with Crippen LogP contribution in [0.2, 0.25) is 25.7 Å². The van der Waals surface area contributed by atoms with Crippen molar-refractivity contribution >= 4 is 42.9 Å². The van der Waals surface area contributed by atoms with Crippen LogP contribution in [-0.4, -0.2) is 11.9 Å². The zero-order valence-electron chi connectivity index (χ0n) is 9.04. The summed E-state index contributed by atoms with van der Waals surface area (Å²) in [5.74, 6) is 0.958. The summed E-state index contributed by atoms with van der Waals surface area (Å²) >= 11 is 17.6. The molecule has 83 valence electrons. The minimum atomic E-state index is -1.23. The van der Waals surface area contributed by atoms with Gasteiger partial charge >= 0.3 is 0 Å². The SMILES string of the molecule is C=CC[C](CC[Si](C)(C)C)C(Cl)(Cl)Cl. The lowest BCUT2D eigenvalue weighted by Gasteiger charge is -2.25. The molecule has 0 atom stereocenters. The Morgan fingerprint density at radius 2 is 1.79 bits per heavy atom. The molecule has 0 aliphatic heterocycles. The van der Waals surface area contributed by atoms with Gasteiger partial charge in [0.05, 0.1) is 0 Å². The van der Waals surface area contributed by atoms with Gasteiger partial charge in [-0.3, -0.25) is 0 Å². The molecule has 0 heterocycles. The highest BCUT2D eigenvalue weighted by Crippen LogP contribution is 2.42. The van der Waals surface area contributed by atoms with Crippen molar-refractivity contribution in [3.8, 4) is 0 Å². The number of rotatable bonds is 5. The zero-order chi connectivity index (χ0) is 11.4. The fourth-order valence-electron chi connectivity index (χ4n) is 1.06. The van der Waals surface area contributed by atoms with Gasteiger partial charge in [0.1, 0.15) is 0 Å². The van der Waals surface area contributed by atoms with Gasteiger partial charge in [-0.2, -0.15) is 0 Å². The number of alkyl halides is 3. The molecule has 0 fully saturated rings. The van der Waals surface area contributed by atoms with Gasteiger partial charge in [0.15, 0.2) is 3.79 Å². The molecule has 0 unspecified atom stereocenters. The fraction of sp³-hybridized carbons (Fsp3) is 0.700. The van der Waals surface area contributed by atoms with Crippen LogP contribution in [0, 0.1) is 5.92 Å². The van der Waals surface area contributed by atoms with E-state index in [1.54, 1.807) is 6.08 Å². The van der Waals surface area contributed by atoms with Gasteiger partial charge in [0.25, 0.3) is 0 Å². The average Bonchev–Trinajstić information content (AvgIpc) is 1.93. The molecular formula is C10H18Cl3Si. The molecule has 0 nitrogen and oxygen atoms in total. The van der Waals surface area contributed by atoms with Crippen LogP contribution < -0.4 is 0 Å². The van der Waals surface area contributed by atoms with E-state index in [9.17, 15) is 0 Å². The van der Waals surface area contributed by atoms with Gasteiger partial charge in [-0.15, -0.1) is 6.58 Å². The Hall–Kier alpha value is 0.827. The van der Waals surface area contributed by atoms with E-state index in [4.69, 9.17) is 34.8 Å². The third-order valence-electron chi connectivity index (χ3n) is 1.97. The van der Waals surface area contributed by atoms with E-state index in [-0.39, 0.29) is 0 Å². The van der Waals surface area contributed by atoms with Crippen molar-refractivity contribution in [3.05, 3.63) is 18.6 Å². The van der Waals surface area contributed by atoms with E-state index in [0.29, 0.717) is 6.42 Å². The third kappa shape index (κ3) is 7.16. The Labute approximate surface area is 104 Å². The van der Waals surface area contributed by atoms with Crippen LogP contribution in [0.25, 0.3) is 0 Å². The standard InChI is InChI=1S/C10H18Cl3Si/c1-5-6-9(10(11,12)13)7-8-14(2,3)4/h5H,1,6-8H2,2-4H3. The summed E-state index contributed by atoms with van der Waals surface area (Å²) in [5, 5.41) is 0. The third-order valence-corrected chi connectivity index (χ3v) is 4.52. The van der Waals surface area contributed by atoms with Crippen LogP contribution in [0.1, 0.15) is 12.8 Å². The van der Waals surface area contributed by atoms with Crippen molar-refractivity contribution in [1.29, 1.82) is 0 Å². The van der Waals surface area contributed by atoms with Gasteiger partial charge in [0.2, 0.25) is 0 Å². The maximum absolute atomic E-state index is 5.87. The maximum Gasteiger partial charge on any atom is 0.197 e. The van der Waals surface area contributed by atoms with Crippen LogP contribution in [0.5, 0.6) is 0 Å². The lowest BCUT2D eigenvalue weighted by atomic mass is 10.0. The lowest BCUT2D eigenvalue weighted by Crippen LogP contribution is -2.24. The summed E-state index contributed by atoms with van der Waals surface area (Å²) in [5.41, 5.74) is 0. The molecule has 0 aromatic rings. The van der Waals surface area contributed by atoms with Crippen LogP contribution in [-0.2, 0) is 0 Å². The topological polar surface area (TPSA) is 0 Å². The highest BCUT2D eigenvalue weighted by molar-refractivity contribution is 6.76. The molecule has 0 rings (SSSR count). The van der Waals surface area contributed by atoms with E-state index in [0.717, 1.165) is 18.4 Å². The van der Waals surface area contributed by atoms with Crippen LogP contribution in [0.15, 0.2) is 12.7 Å². The molecule has 0 aromatic carbocycles. The first-order chi connectivity index (χ1) is 6.17. The molecule has 0 saturated heterocycles. The van der Waals surface area contributed by atoms with Crippen molar-refractivity contribution in [2.45, 2.75) is 42.3 Å². The maximum atomic E-state index is 5.87. The molecule has 0 aliphatic carbocycles. The van der Waals surface area contributed by atoms with E-state index >= 15 is 0 Å². The predicted octanol–water partition coefficient (Wildman–Crippen LogP) is 5.24. The van der Waals surface area contributed by atoms with Crippen molar-refractivity contribution < 1.29 is 0 Å². The Morgan fingerprint density at radius 1 is 1.29 bits per heavy atom. The van der Waals surface area contributed by atoms with Crippen LogP contribution in [0.3, 0.4) is 0 Å². The highest BCUT2D eigenvalue weighted by Gasteiger charge is 2.32. The average molecular weight is 273 g/mol. The smallest absolute Gasteiger partial charge is 0.103 e. The van der Waals surface area contributed by atoms with E-state index in [1.807, 2.05) is 0 Å². The van der Waals surface area contributed by atoms with Gasteiger partial charge in [-0.1, -0.05) is 66.6 Å². The fourth-order valence-corrected chi connectivity index (χ4v) is 2.63. The highest BCUT2D eigenvalue weighted by atomic mass is 35.6. The van der Waals surface area contributed by atoms with Crippen LogP contribution >= 0.6 is 34.8 Å². The Balaban J connectivity index is 4.18. The first kappa shape index (κ1) is 14.8. The largest absolute Gasteiger partial charge is 0.197 e. The van der Waals surface area contributed by atoms with E-state index in [1.165, 1.54) is 0 Å². The Bertz CT molecular complexity index is 179. The van der Waals surface area contributed by atoms with Gasteiger partial charge in [0, 0.05) is 14.0 Å². The monoisotopic (exact) mass is 271 g/mol. The first-order valence-corrected chi connectivity index (χ1v) is 9.54. The lowest BCUT2D eigenvalue weighted by molar-refractivity contribution is 0.802. The summed E-state index contributed by atoms with van der Waals surface area (Å²) < 4.78 is -1.23. The number of halogens is 3. The molecule has 1 radical (unpaired) electrons. The predicted molar refractivity (Wildman–Crippen MR) is 71.1 cm³/mol. The van der Waals surface area contributed by atoms with Crippen LogP contribution in [0.4, 0.5) is 0 Å². The summed E-state index contributed by atoms with van der Waals surface area (Å²) in [6, 6.07) is 1.16. The molecule has 0 bridgehead atoms. The zero-order valence-corrected chi connectivity index (χ0v) is 12.3. The molecule has 0 aromatic heterocycles. The van der Waals surface area contributed by atoms with E-state index < -0.39 is 11.9 Å². The Kier molecular flexibility index (Phi) is 6.13. The second-order valence-corrected chi connectivity index (χ2v) is 12.6. The van der Waals surface area contributed by atoms with Crippen molar-refractivity contribution in [1.82, 2.24) is 0 Å². The second kappa shape index (κ2) is 5.79. The minimum Gasteiger partial charge on any atom is -0.103 e. The number of hydrogen-bond donors (Lipinski definition) is 0. The summed E-state index contributed by atoms with van der Waals surface area (Å²) in [4.78, 5) is 0. The van der Waals surface area contributed by atoms with Gasteiger partial charge in [-0.05, 0) is 12.8 Å². The molecular weight excluding hydrogens is 255 g/mol. The summed E-state index contributed by atoms with van der Waals surface area (Å²) in [7, 11) is -1.06. The van der Waals surface area contributed by atoms with E-state index in [2.05, 4.69) is 26.2 Å². The molecule has 4 heteroatoms. The quantitative estimate of drug-likeness (QED) is 0.365. The normalized spacial score (nSPS) is 13.4. The minimum absolute atomic E-state index is 0.695. The molecule has 0 spiro atoms. The van der Waals surface area contributed by atoms with Gasteiger partial charge in [-0.25, -0.2) is 0 Å².